The van der Waals surface area contributed by atoms with Crippen LogP contribution in [0.25, 0.3) is 0 Å². The van der Waals surface area contributed by atoms with E-state index in [2.05, 4.69) is 4.90 Å². The van der Waals surface area contributed by atoms with Gasteiger partial charge in [0.05, 0.1) is 18.4 Å². The number of nitrogens with zero attached hydrogens (tertiary/aromatic N) is 1. The summed E-state index contributed by atoms with van der Waals surface area (Å²) < 4.78 is 4.72. The Labute approximate surface area is 159 Å². The summed E-state index contributed by atoms with van der Waals surface area (Å²) in [5, 5.41) is 7.14. The van der Waals surface area contributed by atoms with Crippen LogP contribution in [0, 0.1) is 0 Å². The molecule has 0 aromatic heterocycles. The molecule has 0 amide bonds. The van der Waals surface area contributed by atoms with Gasteiger partial charge in [-0.2, -0.15) is 0 Å². The van der Waals surface area contributed by atoms with E-state index in [0.717, 1.165) is 38.6 Å². The monoisotopic (exact) mass is 382 g/mol. The fraction of sp³-hybridized carbons (Fsp3) is 0.389. The highest BCUT2D eigenvalue weighted by molar-refractivity contribution is 6.29. The molecule has 26 heavy (non-hydrogen) atoms. The summed E-state index contributed by atoms with van der Waals surface area (Å²) in [4.78, 5) is 13.6. The summed E-state index contributed by atoms with van der Waals surface area (Å²) in [5.74, 6) is 0.167. The van der Waals surface area contributed by atoms with Crippen LogP contribution in [0.15, 0.2) is 47.0 Å². The van der Waals surface area contributed by atoms with E-state index in [0.29, 0.717) is 17.2 Å². The number of methoxy groups -OCH3 is 1. The van der Waals surface area contributed by atoms with Crippen LogP contribution in [0.3, 0.4) is 0 Å². The van der Waals surface area contributed by atoms with E-state index in [9.17, 15) is 4.79 Å². The maximum atomic E-state index is 11.5. The van der Waals surface area contributed by atoms with Gasteiger partial charge in [-0.25, -0.2) is 4.79 Å². The predicted molar refractivity (Wildman–Crippen MR) is 103 cm³/mol. The summed E-state index contributed by atoms with van der Waals surface area (Å²) in [5.41, 5.74) is 19.4. The van der Waals surface area contributed by atoms with Crippen molar-refractivity contribution in [1.82, 2.24) is 4.90 Å². The van der Waals surface area contributed by atoms with Gasteiger partial charge in [0.2, 0.25) is 0 Å². The molecule has 0 radical (unpaired) electrons. The molecule has 1 aromatic rings. The van der Waals surface area contributed by atoms with Gasteiger partial charge >= 0.3 is 5.97 Å². The van der Waals surface area contributed by atoms with Gasteiger partial charge in [-0.05, 0) is 36.6 Å². The summed E-state index contributed by atoms with van der Waals surface area (Å²) >= 11 is 5.77. The minimum absolute atomic E-state index is 0.142. The maximum absolute atomic E-state index is 11.5. The van der Waals surface area contributed by atoms with Crippen molar-refractivity contribution in [3.05, 3.63) is 58.1 Å². The third-order valence-electron chi connectivity index (χ3n) is 4.14. The highest BCUT2D eigenvalue weighted by Crippen LogP contribution is 2.29. The Bertz CT molecular complexity index is 651. The molecule has 0 bridgehead atoms. The van der Waals surface area contributed by atoms with Crippen LogP contribution in [0.1, 0.15) is 34.7 Å². The number of carbonyl (C=O) groups excluding carboxylic acids is 1. The first-order valence-electron chi connectivity index (χ1n) is 8.18. The lowest BCUT2D eigenvalue weighted by molar-refractivity contribution is 0.0600. The highest BCUT2D eigenvalue weighted by Gasteiger charge is 2.23. The average molecular weight is 383 g/mol. The largest absolute Gasteiger partial charge is 0.465 e. The lowest BCUT2D eigenvalue weighted by Crippen LogP contribution is -2.36. The first-order valence-corrected chi connectivity index (χ1v) is 8.56. The molecule has 7 nitrogen and oxygen atoms in total. The highest BCUT2D eigenvalue weighted by atomic mass is 35.5. The second kappa shape index (κ2) is 10.6. The third-order valence-corrected chi connectivity index (χ3v) is 4.24. The van der Waals surface area contributed by atoms with E-state index < -0.39 is 0 Å². The fourth-order valence-corrected chi connectivity index (χ4v) is 3.07. The molecule has 1 unspecified atom stereocenters. The minimum Gasteiger partial charge on any atom is -0.465 e. The maximum Gasteiger partial charge on any atom is 0.337 e. The van der Waals surface area contributed by atoms with Crippen molar-refractivity contribution in [2.45, 2.75) is 18.8 Å². The summed E-state index contributed by atoms with van der Waals surface area (Å²) in [6.07, 6.45) is 3.63. The van der Waals surface area contributed by atoms with Crippen LogP contribution in [-0.4, -0.2) is 43.3 Å². The van der Waals surface area contributed by atoms with Gasteiger partial charge in [-0.15, -0.1) is 0 Å². The number of aliphatic hydroxyl groups excluding tert-OH is 1. The Hall–Kier alpha value is -2.38. The van der Waals surface area contributed by atoms with Gasteiger partial charge < -0.3 is 31.9 Å². The van der Waals surface area contributed by atoms with E-state index in [1.54, 1.807) is 18.2 Å². The van der Waals surface area contributed by atoms with Crippen LogP contribution in [0.2, 0.25) is 0 Å². The Morgan fingerprint density at radius 3 is 2.38 bits per heavy atom. The van der Waals surface area contributed by atoms with Crippen LogP contribution in [-0.2, 0) is 4.74 Å². The number of rotatable bonds is 4. The van der Waals surface area contributed by atoms with Gasteiger partial charge in [0.25, 0.3) is 0 Å². The molecular formula is C18H27ClN4O3. The van der Waals surface area contributed by atoms with Crippen LogP contribution >= 0.6 is 11.6 Å². The smallest absolute Gasteiger partial charge is 0.337 e. The molecule has 0 spiro atoms. The van der Waals surface area contributed by atoms with Crippen LogP contribution < -0.4 is 17.2 Å². The number of hydrogen-bond donors (Lipinski definition) is 4. The van der Waals surface area contributed by atoms with Crippen molar-refractivity contribution < 1.29 is 14.6 Å². The number of carbonyl (C=O) groups is 1. The van der Waals surface area contributed by atoms with Crippen molar-refractivity contribution in [2.24, 2.45) is 17.2 Å². The number of benzene rings is 1. The number of piperidine rings is 1. The molecule has 1 heterocycles. The van der Waals surface area contributed by atoms with Crippen molar-refractivity contribution in [3.8, 4) is 0 Å². The van der Waals surface area contributed by atoms with E-state index in [-0.39, 0.29) is 16.9 Å². The van der Waals surface area contributed by atoms with E-state index >= 15 is 0 Å². The number of hydrogen-bond acceptors (Lipinski definition) is 7. The fourth-order valence-electron chi connectivity index (χ4n) is 2.97. The van der Waals surface area contributed by atoms with Crippen molar-refractivity contribution >= 4 is 17.6 Å². The Kier molecular flexibility index (Phi) is 8.81. The SMILES string of the molecule is CO.COC(=O)c1ccc(C2CCCN(C(/C=C(\N)Cl)=C(N)N)C2)cc1. The molecule has 7 N–H and O–H groups in total. The summed E-state index contributed by atoms with van der Waals surface area (Å²) in [7, 11) is 2.37. The number of halogens is 1. The van der Waals surface area contributed by atoms with Gasteiger partial charge in [-0.1, -0.05) is 23.7 Å². The van der Waals surface area contributed by atoms with Crippen molar-refractivity contribution in [2.75, 3.05) is 27.3 Å². The molecule has 1 fully saturated rings. The molecule has 1 saturated heterocycles. The zero-order chi connectivity index (χ0) is 19.7. The lowest BCUT2D eigenvalue weighted by atomic mass is 9.90. The van der Waals surface area contributed by atoms with Gasteiger partial charge in [0, 0.05) is 26.1 Å². The quantitative estimate of drug-likeness (QED) is 0.352. The molecular weight excluding hydrogens is 356 g/mol. The third kappa shape index (κ3) is 5.86. The number of allylic oxidation sites excluding steroid dienone is 1. The molecule has 0 aliphatic carbocycles. The van der Waals surface area contributed by atoms with E-state index in [1.165, 1.54) is 7.11 Å². The zero-order valence-corrected chi connectivity index (χ0v) is 15.9. The zero-order valence-electron chi connectivity index (χ0n) is 15.1. The predicted octanol–water partition coefficient (Wildman–Crippen LogP) is 1.39. The number of ether oxygens (including phenoxy) is 1. The lowest BCUT2D eigenvalue weighted by Gasteiger charge is -2.35. The first kappa shape index (κ1) is 21.7. The van der Waals surface area contributed by atoms with Gasteiger partial charge in [0.15, 0.2) is 0 Å². The Morgan fingerprint density at radius 2 is 1.88 bits per heavy atom. The Balaban J connectivity index is 0.00000163. The van der Waals surface area contributed by atoms with Crippen LogP contribution in [0.4, 0.5) is 0 Å². The standard InChI is InChI=1S/C17H23ClN4O2.CH4O/c1-24-17(23)12-6-4-11(5-7-12)13-3-2-8-22(10-13)14(16(20)21)9-15(18)19;1-2/h4-7,9,13H,2-3,8,10,19-21H2,1H3;2H,1H3/b15-9-;. The van der Waals surface area contributed by atoms with Crippen LogP contribution in [0.5, 0.6) is 0 Å². The second-order valence-corrected chi connectivity index (χ2v) is 6.20. The molecule has 1 aliphatic heterocycles. The molecule has 1 aliphatic rings. The molecule has 1 aromatic carbocycles. The normalized spacial score (nSPS) is 17.0. The average Bonchev–Trinajstić information content (AvgIpc) is 2.67. The number of likely N-dealkylation sites (tertiary alicyclic amines) is 1. The molecule has 144 valence electrons. The van der Waals surface area contributed by atoms with Gasteiger partial charge in [-0.3, -0.25) is 0 Å². The summed E-state index contributed by atoms with van der Waals surface area (Å²) in [6.45, 7) is 1.59. The van der Waals surface area contributed by atoms with Crippen molar-refractivity contribution in [1.29, 1.82) is 0 Å². The number of aliphatic hydroxyl groups is 1. The molecule has 0 saturated carbocycles. The minimum atomic E-state index is -0.337. The van der Waals surface area contributed by atoms with E-state index in [4.69, 9.17) is 38.6 Å². The first-order chi connectivity index (χ1) is 12.4. The number of nitrogens with two attached hydrogens (primary N) is 3. The summed E-state index contributed by atoms with van der Waals surface area (Å²) in [6, 6.07) is 7.48. The van der Waals surface area contributed by atoms with E-state index in [1.807, 2.05) is 12.1 Å². The number of esters is 1. The van der Waals surface area contributed by atoms with Crippen molar-refractivity contribution in [3.63, 3.8) is 0 Å². The second-order valence-electron chi connectivity index (χ2n) is 5.77. The van der Waals surface area contributed by atoms with Gasteiger partial charge in [0.1, 0.15) is 11.0 Å². The molecule has 2 rings (SSSR count). The molecule has 1 atom stereocenters. The Morgan fingerprint density at radius 1 is 1.27 bits per heavy atom. The molecule has 8 heteroatoms. The topological polar surface area (TPSA) is 128 Å².